The first-order valence-corrected chi connectivity index (χ1v) is 10.9. The van der Waals surface area contributed by atoms with E-state index in [-0.39, 0.29) is 23.7 Å². The van der Waals surface area contributed by atoms with Gasteiger partial charge in [-0.25, -0.2) is 19.9 Å². The largest absolute Gasteiger partial charge is 0.471 e. The molecule has 1 aliphatic carbocycles. The number of carbonyl (C=O) groups excluding carboxylic acids is 1. The van der Waals surface area contributed by atoms with E-state index < -0.39 is 18.0 Å². The highest BCUT2D eigenvalue weighted by Gasteiger charge is 2.45. The second-order valence-electron chi connectivity index (χ2n) is 8.58. The van der Waals surface area contributed by atoms with Crippen LogP contribution in [-0.2, 0) is 6.18 Å². The third-order valence-electron chi connectivity index (χ3n) is 6.20. The molecule has 3 aromatic rings. The van der Waals surface area contributed by atoms with E-state index in [9.17, 15) is 18.0 Å². The molecule has 0 spiro atoms. The molecule has 176 valence electrons. The van der Waals surface area contributed by atoms with E-state index in [2.05, 4.69) is 24.9 Å². The van der Waals surface area contributed by atoms with Crippen LogP contribution in [0, 0.1) is 12.8 Å². The van der Waals surface area contributed by atoms with Gasteiger partial charge in [0, 0.05) is 25.1 Å². The first-order valence-electron chi connectivity index (χ1n) is 10.9. The number of amides is 1. The van der Waals surface area contributed by atoms with Crippen molar-refractivity contribution in [3.05, 3.63) is 59.9 Å². The van der Waals surface area contributed by atoms with Crippen LogP contribution < -0.4 is 4.74 Å². The Labute approximate surface area is 193 Å². The lowest BCUT2D eigenvalue weighted by molar-refractivity contribution is -0.141. The molecule has 3 unspecified atom stereocenters. The summed E-state index contributed by atoms with van der Waals surface area (Å²) in [5.41, 5.74) is 0.568. The Morgan fingerprint density at radius 1 is 1.06 bits per heavy atom. The lowest BCUT2D eigenvalue weighted by atomic mass is 9.77. The lowest BCUT2D eigenvalue weighted by Crippen LogP contribution is -2.59. The second-order valence-corrected chi connectivity index (χ2v) is 8.58. The first-order chi connectivity index (χ1) is 16.3. The number of pyridine rings is 1. The van der Waals surface area contributed by atoms with Crippen LogP contribution in [0.5, 0.6) is 5.88 Å². The van der Waals surface area contributed by atoms with Gasteiger partial charge in [0.25, 0.3) is 5.91 Å². The molecule has 0 radical (unpaired) electrons. The minimum absolute atomic E-state index is 0.00791. The monoisotopic (exact) mass is 470 g/mol. The van der Waals surface area contributed by atoms with Crippen molar-refractivity contribution in [3.8, 4) is 17.4 Å². The molecule has 2 bridgehead atoms. The van der Waals surface area contributed by atoms with Gasteiger partial charge in [0.15, 0.2) is 11.5 Å². The van der Waals surface area contributed by atoms with Gasteiger partial charge in [-0.3, -0.25) is 9.78 Å². The summed E-state index contributed by atoms with van der Waals surface area (Å²) in [6.07, 6.45) is 3.90. The highest BCUT2D eigenvalue weighted by Crippen LogP contribution is 2.38. The quantitative estimate of drug-likeness (QED) is 0.574. The van der Waals surface area contributed by atoms with Crippen molar-refractivity contribution < 1.29 is 22.7 Å². The van der Waals surface area contributed by atoms with Crippen molar-refractivity contribution in [2.75, 3.05) is 6.54 Å². The van der Waals surface area contributed by atoms with Crippen LogP contribution in [-0.4, -0.2) is 54.4 Å². The SMILES string of the molecule is Cc1cnc(-c2ncccn2)c(C(=O)N2CC3CCC2C(Oc2cnc(C(F)(F)F)cn2)C3)c1. The van der Waals surface area contributed by atoms with Gasteiger partial charge in [-0.15, -0.1) is 0 Å². The molecule has 3 aromatic heterocycles. The smallest absolute Gasteiger partial charge is 0.434 e. The zero-order valence-electron chi connectivity index (χ0n) is 18.2. The van der Waals surface area contributed by atoms with E-state index in [0.29, 0.717) is 36.2 Å². The topological polar surface area (TPSA) is 94.0 Å². The fraction of sp³-hybridized carbons (Fsp3) is 0.391. The summed E-state index contributed by atoms with van der Waals surface area (Å²) in [6, 6.07) is 3.22. The van der Waals surface area contributed by atoms with Gasteiger partial charge in [-0.2, -0.15) is 13.2 Å². The molecule has 0 aromatic carbocycles. The molecule has 0 N–H and O–H groups in total. The van der Waals surface area contributed by atoms with Gasteiger partial charge in [0.2, 0.25) is 5.88 Å². The number of ether oxygens (including phenoxy) is 1. The molecular weight excluding hydrogens is 449 g/mol. The normalized spacial score (nSPS) is 22.0. The minimum Gasteiger partial charge on any atom is -0.471 e. The minimum atomic E-state index is -4.57. The number of rotatable bonds is 4. The van der Waals surface area contributed by atoms with Crippen LogP contribution in [0.15, 0.2) is 43.1 Å². The third kappa shape index (κ3) is 4.29. The summed E-state index contributed by atoms with van der Waals surface area (Å²) in [7, 11) is 0. The molecule has 1 saturated carbocycles. The van der Waals surface area contributed by atoms with Crippen LogP contribution in [0.2, 0.25) is 0 Å². The molecule has 1 amide bonds. The van der Waals surface area contributed by atoms with Gasteiger partial charge < -0.3 is 9.64 Å². The second kappa shape index (κ2) is 8.62. The molecule has 3 atom stereocenters. The molecule has 3 aliphatic rings. The van der Waals surface area contributed by atoms with E-state index in [1.54, 1.807) is 35.6 Å². The standard InChI is InChI=1S/C23H21F3N6O2/c1-13-7-15(20(31-9-13)21-27-5-2-6-28-21)22(33)32-12-14-3-4-16(32)17(8-14)34-19-11-29-18(10-30-19)23(24,25)26/h2,5-7,9-11,14,16-17H,3-4,8,12H2,1H3. The molecule has 6 rings (SSSR count). The highest BCUT2D eigenvalue weighted by atomic mass is 19.4. The summed E-state index contributed by atoms with van der Waals surface area (Å²) < 4.78 is 44.3. The Morgan fingerprint density at radius 2 is 1.85 bits per heavy atom. The Bertz CT molecular complexity index is 1190. The van der Waals surface area contributed by atoms with Gasteiger partial charge in [-0.1, -0.05) is 0 Å². The van der Waals surface area contributed by atoms with Crippen molar-refractivity contribution in [3.63, 3.8) is 0 Å². The third-order valence-corrected chi connectivity index (χ3v) is 6.20. The van der Waals surface area contributed by atoms with Crippen LogP contribution in [0.4, 0.5) is 13.2 Å². The molecular formula is C23H21F3N6O2. The van der Waals surface area contributed by atoms with E-state index in [1.807, 2.05) is 6.92 Å². The lowest BCUT2D eigenvalue weighted by Gasteiger charge is -2.49. The zero-order chi connectivity index (χ0) is 23.9. The zero-order valence-corrected chi connectivity index (χ0v) is 18.2. The summed E-state index contributed by atoms with van der Waals surface area (Å²) >= 11 is 0. The Morgan fingerprint density at radius 3 is 2.53 bits per heavy atom. The molecule has 2 saturated heterocycles. The number of aryl methyl sites for hydroxylation is 1. The molecule has 11 heteroatoms. The van der Waals surface area contributed by atoms with Crippen LogP contribution in [0.3, 0.4) is 0 Å². The number of nitrogens with zero attached hydrogens (tertiary/aromatic N) is 6. The predicted molar refractivity (Wildman–Crippen MR) is 114 cm³/mol. The van der Waals surface area contributed by atoms with Crippen LogP contribution in [0.25, 0.3) is 11.5 Å². The summed E-state index contributed by atoms with van der Waals surface area (Å²) in [6.45, 7) is 2.43. The maximum absolute atomic E-state index is 13.7. The Balaban J connectivity index is 1.40. The van der Waals surface area contributed by atoms with Crippen molar-refractivity contribution in [1.82, 2.24) is 29.8 Å². The number of piperidine rings is 2. The number of fused-ring (bicyclic) bond motifs is 3. The maximum atomic E-state index is 13.7. The Hall–Kier alpha value is -3.63. The highest BCUT2D eigenvalue weighted by molar-refractivity contribution is 5.99. The average Bonchev–Trinajstić information content (AvgIpc) is 2.84. The van der Waals surface area contributed by atoms with Gasteiger partial charge in [0.05, 0.1) is 24.0 Å². The van der Waals surface area contributed by atoms with Crippen molar-refractivity contribution in [2.24, 2.45) is 5.92 Å². The average molecular weight is 470 g/mol. The van der Waals surface area contributed by atoms with E-state index in [1.165, 1.54) is 0 Å². The van der Waals surface area contributed by atoms with E-state index in [4.69, 9.17) is 4.74 Å². The summed E-state index contributed by atoms with van der Waals surface area (Å²) in [4.78, 5) is 35.6. The number of alkyl halides is 3. The Kier molecular flexibility index (Phi) is 5.62. The van der Waals surface area contributed by atoms with Crippen molar-refractivity contribution in [1.29, 1.82) is 0 Å². The van der Waals surface area contributed by atoms with E-state index >= 15 is 0 Å². The van der Waals surface area contributed by atoms with Crippen LogP contribution >= 0.6 is 0 Å². The molecule has 34 heavy (non-hydrogen) atoms. The number of aromatic nitrogens is 5. The van der Waals surface area contributed by atoms with Gasteiger partial charge in [0.1, 0.15) is 11.8 Å². The molecule has 2 aliphatic heterocycles. The van der Waals surface area contributed by atoms with Crippen molar-refractivity contribution >= 4 is 5.91 Å². The predicted octanol–water partition coefficient (Wildman–Crippen LogP) is 3.73. The number of halogens is 3. The fourth-order valence-corrected chi connectivity index (χ4v) is 4.66. The molecule has 3 fully saturated rings. The van der Waals surface area contributed by atoms with E-state index in [0.717, 1.165) is 24.6 Å². The molecule has 8 nitrogen and oxygen atoms in total. The maximum Gasteiger partial charge on any atom is 0.434 e. The summed E-state index contributed by atoms with van der Waals surface area (Å²) in [5.74, 6) is 0.394. The van der Waals surface area contributed by atoms with Crippen LogP contribution in [0.1, 0.15) is 40.9 Å². The number of hydrogen-bond donors (Lipinski definition) is 0. The van der Waals surface area contributed by atoms with Gasteiger partial charge >= 0.3 is 6.18 Å². The van der Waals surface area contributed by atoms with Gasteiger partial charge in [-0.05, 0) is 49.8 Å². The number of hydrogen-bond acceptors (Lipinski definition) is 7. The van der Waals surface area contributed by atoms with Crippen molar-refractivity contribution in [2.45, 2.75) is 44.5 Å². The fourth-order valence-electron chi connectivity index (χ4n) is 4.66. The number of carbonyl (C=O) groups is 1. The first kappa shape index (κ1) is 22.2. The summed E-state index contributed by atoms with van der Waals surface area (Å²) in [5, 5.41) is 0. The molecule has 5 heterocycles.